The van der Waals surface area contributed by atoms with Crippen LogP contribution < -0.4 is 15.0 Å². The van der Waals surface area contributed by atoms with Crippen LogP contribution in [-0.2, 0) is 6.54 Å². The second-order valence-electron chi connectivity index (χ2n) is 6.03. The Hall–Kier alpha value is -2.57. The number of hydrogen-bond donors (Lipinski definition) is 0. The molecule has 0 atom stereocenters. The third kappa shape index (κ3) is 3.92. The summed E-state index contributed by atoms with van der Waals surface area (Å²) in [7, 11) is 0. The number of nitro groups is 1. The highest BCUT2D eigenvalue weighted by Crippen LogP contribution is 2.35. The molecule has 0 unspecified atom stereocenters. The predicted molar refractivity (Wildman–Crippen MR) is 96.7 cm³/mol. The van der Waals surface area contributed by atoms with Crippen molar-refractivity contribution in [1.82, 2.24) is 4.57 Å². The maximum Gasteiger partial charge on any atom is 0.297 e. The molecule has 1 heterocycles. The monoisotopic (exact) mass is 348 g/mol. The minimum absolute atomic E-state index is 0.0638. The molecule has 1 aromatic carbocycles. The largest absolute Gasteiger partial charge is 0.489 e. The summed E-state index contributed by atoms with van der Waals surface area (Å²) < 4.78 is 13.1. The van der Waals surface area contributed by atoms with Crippen LogP contribution in [0.5, 0.6) is 11.5 Å². The smallest absolute Gasteiger partial charge is 0.297 e. The minimum Gasteiger partial charge on any atom is -0.489 e. The van der Waals surface area contributed by atoms with Crippen molar-refractivity contribution in [3.05, 3.63) is 38.7 Å². The van der Waals surface area contributed by atoms with Gasteiger partial charge in [-0.05, 0) is 33.3 Å². The standard InChI is InChI=1S/C18H24N2O5/c1-5-7-10-24-16-14-9-8-13(20(22)23)11-15(14)19(6-2)18(21)17(16)25-12(3)4/h8-9,11-12H,5-7,10H2,1-4H3. The van der Waals surface area contributed by atoms with E-state index in [1.807, 2.05) is 27.7 Å². The first-order chi connectivity index (χ1) is 11.9. The zero-order valence-electron chi connectivity index (χ0n) is 15.1. The molecule has 0 saturated heterocycles. The van der Waals surface area contributed by atoms with Gasteiger partial charge < -0.3 is 14.0 Å². The topological polar surface area (TPSA) is 83.6 Å². The minimum atomic E-state index is -0.472. The number of pyridine rings is 1. The fourth-order valence-electron chi connectivity index (χ4n) is 2.62. The van der Waals surface area contributed by atoms with Gasteiger partial charge in [0.15, 0.2) is 5.75 Å². The average molecular weight is 348 g/mol. The summed E-state index contributed by atoms with van der Waals surface area (Å²) in [5, 5.41) is 11.7. The maximum atomic E-state index is 12.9. The van der Waals surface area contributed by atoms with E-state index in [2.05, 4.69) is 0 Å². The van der Waals surface area contributed by atoms with Crippen molar-refractivity contribution in [3.8, 4) is 11.5 Å². The van der Waals surface area contributed by atoms with Crippen LogP contribution in [-0.4, -0.2) is 22.2 Å². The zero-order chi connectivity index (χ0) is 18.6. The van der Waals surface area contributed by atoms with Gasteiger partial charge in [-0.3, -0.25) is 14.9 Å². The highest BCUT2D eigenvalue weighted by molar-refractivity contribution is 5.89. The lowest BCUT2D eigenvalue weighted by Gasteiger charge is -2.19. The van der Waals surface area contributed by atoms with Gasteiger partial charge in [0.25, 0.3) is 11.2 Å². The Morgan fingerprint density at radius 2 is 1.96 bits per heavy atom. The van der Waals surface area contributed by atoms with E-state index in [4.69, 9.17) is 9.47 Å². The summed E-state index contributed by atoms with van der Waals surface area (Å²) in [6.07, 6.45) is 1.60. The third-order valence-electron chi connectivity index (χ3n) is 3.79. The number of ether oxygens (including phenoxy) is 2. The third-order valence-corrected chi connectivity index (χ3v) is 3.79. The Balaban J connectivity index is 2.77. The Morgan fingerprint density at radius 3 is 2.52 bits per heavy atom. The fourth-order valence-corrected chi connectivity index (χ4v) is 2.62. The van der Waals surface area contributed by atoms with E-state index in [0.29, 0.717) is 29.8 Å². The molecule has 0 bridgehead atoms. The van der Waals surface area contributed by atoms with Crippen molar-refractivity contribution in [2.24, 2.45) is 0 Å². The van der Waals surface area contributed by atoms with E-state index in [9.17, 15) is 14.9 Å². The van der Waals surface area contributed by atoms with Gasteiger partial charge >= 0.3 is 0 Å². The molecule has 2 rings (SSSR count). The molecule has 0 saturated carbocycles. The van der Waals surface area contributed by atoms with Gasteiger partial charge in [0.2, 0.25) is 5.75 Å². The Labute approximate surface area is 146 Å². The molecule has 0 radical (unpaired) electrons. The molecule has 0 amide bonds. The Bertz CT molecular complexity index is 826. The zero-order valence-corrected chi connectivity index (χ0v) is 15.1. The molecular weight excluding hydrogens is 324 g/mol. The van der Waals surface area contributed by atoms with Crippen LogP contribution in [0.2, 0.25) is 0 Å². The van der Waals surface area contributed by atoms with Gasteiger partial charge in [0, 0.05) is 24.1 Å². The van der Waals surface area contributed by atoms with Crippen LogP contribution in [0.3, 0.4) is 0 Å². The number of rotatable bonds is 8. The van der Waals surface area contributed by atoms with Crippen LogP contribution in [0.1, 0.15) is 40.5 Å². The number of hydrogen-bond acceptors (Lipinski definition) is 5. The van der Waals surface area contributed by atoms with Crippen LogP contribution in [0.15, 0.2) is 23.0 Å². The summed E-state index contributed by atoms with van der Waals surface area (Å²) in [5.74, 6) is 0.524. The normalized spacial score (nSPS) is 11.1. The van der Waals surface area contributed by atoms with Crippen LogP contribution in [0.4, 0.5) is 5.69 Å². The highest BCUT2D eigenvalue weighted by atomic mass is 16.6. The summed E-state index contributed by atoms with van der Waals surface area (Å²) in [5.41, 5.74) is 0.0751. The Kier molecular flexibility index (Phi) is 6.01. The van der Waals surface area contributed by atoms with Crippen molar-refractivity contribution < 1.29 is 14.4 Å². The summed E-state index contributed by atoms with van der Waals surface area (Å²) >= 11 is 0. The molecule has 0 aliphatic heterocycles. The molecule has 0 N–H and O–H groups in total. The maximum absolute atomic E-state index is 12.9. The van der Waals surface area contributed by atoms with Gasteiger partial charge in [-0.25, -0.2) is 0 Å². The first-order valence-corrected chi connectivity index (χ1v) is 8.55. The molecule has 0 spiro atoms. The summed E-state index contributed by atoms with van der Waals surface area (Å²) in [6, 6.07) is 4.44. The Morgan fingerprint density at radius 1 is 1.24 bits per heavy atom. The lowest BCUT2D eigenvalue weighted by molar-refractivity contribution is -0.384. The number of nitro benzene ring substituents is 1. The van der Waals surface area contributed by atoms with Crippen LogP contribution in [0, 0.1) is 10.1 Å². The van der Waals surface area contributed by atoms with Crippen molar-refractivity contribution in [2.45, 2.75) is 53.2 Å². The van der Waals surface area contributed by atoms with Crippen LogP contribution in [0.25, 0.3) is 10.9 Å². The van der Waals surface area contributed by atoms with Crippen molar-refractivity contribution in [2.75, 3.05) is 6.61 Å². The molecule has 7 nitrogen and oxygen atoms in total. The predicted octanol–water partition coefficient (Wildman–Crippen LogP) is 3.90. The highest BCUT2D eigenvalue weighted by Gasteiger charge is 2.21. The lowest BCUT2D eigenvalue weighted by Crippen LogP contribution is -2.25. The number of fused-ring (bicyclic) bond motifs is 1. The average Bonchev–Trinajstić information content (AvgIpc) is 2.57. The van der Waals surface area contributed by atoms with E-state index in [1.54, 1.807) is 6.07 Å². The van der Waals surface area contributed by atoms with Crippen molar-refractivity contribution >= 4 is 16.6 Å². The number of benzene rings is 1. The van der Waals surface area contributed by atoms with Gasteiger partial charge in [-0.2, -0.15) is 0 Å². The molecule has 0 aliphatic rings. The van der Waals surface area contributed by atoms with E-state index in [0.717, 1.165) is 12.8 Å². The number of nitrogens with zero attached hydrogens (tertiary/aromatic N) is 2. The lowest BCUT2D eigenvalue weighted by atomic mass is 10.1. The second-order valence-corrected chi connectivity index (χ2v) is 6.03. The van der Waals surface area contributed by atoms with E-state index in [1.165, 1.54) is 16.7 Å². The van der Waals surface area contributed by atoms with Gasteiger partial charge in [-0.15, -0.1) is 0 Å². The molecule has 1 aromatic heterocycles. The summed E-state index contributed by atoms with van der Waals surface area (Å²) in [4.78, 5) is 23.5. The fraction of sp³-hybridized carbons (Fsp3) is 0.500. The first-order valence-electron chi connectivity index (χ1n) is 8.55. The molecule has 0 aliphatic carbocycles. The number of aromatic nitrogens is 1. The van der Waals surface area contributed by atoms with E-state index in [-0.39, 0.29) is 23.1 Å². The number of non-ortho nitro benzene ring substituents is 1. The molecule has 25 heavy (non-hydrogen) atoms. The molecule has 2 aromatic rings. The van der Waals surface area contributed by atoms with Gasteiger partial charge in [-0.1, -0.05) is 13.3 Å². The first kappa shape index (κ1) is 18.8. The number of unbranched alkanes of at least 4 members (excludes halogenated alkanes) is 1. The molecule has 136 valence electrons. The number of aryl methyl sites for hydroxylation is 1. The quantitative estimate of drug-likeness (QED) is 0.410. The van der Waals surface area contributed by atoms with Crippen molar-refractivity contribution in [1.29, 1.82) is 0 Å². The van der Waals surface area contributed by atoms with Crippen LogP contribution >= 0.6 is 0 Å². The van der Waals surface area contributed by atoms with Crippen molar-refractivity contribution in [3.63, 3.8) is 0 Å². The van der Waals surface area contributed by atoms with E-state index >= 15 is 0 Å². The second kappa shape index (κ2) is 8.00. The van der Waals surface area contributed by atoms with Gasteiger partial charge in [0.1, 0.15) is 0 Å². The molecular formula is C18H24N2O5. The summed E-state index contributed by atoms with van der Waals surface area (Å²) in [6.45, 7) is 8.37. The SMILES string of the molecule is CCCCOc1c(OC(C)C)c(=O)n(CC)c2cc([N+](=O)[O-])ccc12. The molecule has 7 heteroatoms. The molecule has 0 fully saturated rings. The van der Waals surface area contributed by atoms with Gasteiger partial charge in [0.05, 0.1) is 23.2 Å². The van der Waals surface area contributed by atoms with E-state index < -0.39 is 4.92 Å².